The fourth-order valence-electron chi connectivity index (χ4n) is 2.47. The van der Waals surface area contributed by atoms with Gasteiger partial charge in [0, 0.05) is 5.56 Å². The molecular weight excluding hydrogens is 348 g/mol. The monoisotopic (exact) mass is 368 g/mol. The Labute approximate surface area is 156 Å². The zero-order valence-corrected chi connectivity index (χ0v) is 15.6. The van der Waals surface area contributed by atoms with Crippen molar-refractivity contribution in [3.05, 3.63) is 59.7 Å². The summed E-state index contributed by atoms with van der Waals surface area (Å²) in [7, 11) is 0. The molecule has 0 radical (unpaired) electrons. The van der Waals surface area contributed by atoms with Gasteiger partial charge in [0.15, 0.2) is 5.78 Å². The minimum Gasteiger partial charge on any atom is -0.492 e. The molecule has 0 N–H and O–H groups in total. The van der Waals surface area contributed by atoms with Crippen molar-refractivity contribution < 1.29 is 9.53 Å². The van der Waals surface area contributed by atoms with Crippen LogP contribution in [0.4, 0.5) is 0 Å². The van der Waals surface area contributed by atoms with Crippen molar-refractivity contribution in [1.29, 1.82) is 0 Å². The molecule has 0 fully saturated rings. The molecular formula is C19H20N4O2S. The molecule has 3 aromatic rings. The summed E-state index contributed by atoms with van der Waals surface area (Å²) in [4.78, 5) is 12.4. The summed E-state index contributed by atoms with van der Waals surface area (Å²) in [5.74, 6) is 1.01. The summed E-state index contributed by atoms with van der Waals surface area (Å²) in [5, 5.41) is 12.4. The van der Waals surface area contributed by atoms with Gasteiger partial charge in [-0.2, -0.15) is 4.68 Å². The lowest BCUT2D eigenvalue weighted by molar-refractivity contribution is 0.102. The molecule has 7 heteroatoms. The molecule has 0 spiro atoms. The Morgan fingerprint density at radius 2 is 1.88 bits per heavy atom. The Kier molecular flexibility index (Phi) is 6.01. The SMILES string of the molecule is CCOc1ccccc1-n1nnnc1SCC(=O)c1ccc(CC)cc1. The predicted octanol–water partition coefficient (Wildman–Crippen LogP) is 3.60. The van der Waals surface area contributed by atoms with E-state index < -0.39 is 0 Å². The number of carbonyl (C=O) groups excluding carboxylic acids is 1. The van der Waals surface area contributed by atoms with Crippen molar-refractivity contribution in [2.24, 2.45) is 0 Å². The van der Waals surface area contributed by atoms with Crippen molar-refractivity contribution in [3.63, 3.8) is 0 Å². The van der Waals surface area contributed by atoms with Crippen LogP contribution in [-0.2, 0) is 6.42 Å². The van der Waals surface area contributed by atoms with Crippen molar-refractivity contribution >= 4 is 17.5 Å². The molecule has 0 bridgehead atoms. The van der Waals surface area contributed by atoms with E-state index in [1.54, 1.807) is 4.68 Å². The smallest absolute Gasteiger partial charge is 0.214 e. The number of para-hydroxylation sites is 2. The summed E-state index contributed by atoms with van der Waals surface area (Å²) in [6.45, 7) is 4.56. The van der Waals surface area contributed by atoms with Gasteiger partial charge in [0.25, 0.3) is 0 Å². The fourth-order valence-corrected chi connectivity index (χ4v) is 3.25. The van der Waals surface area contributed by atoms with Gasteiger partial charge in [0.05, 0.1) is 12.4 Å². The predicted molar refractivity (Wildman–Crippen MR) is 101 cm³/mol. The van der Waals surface area contributed by atoms with Gasteiger partial charge in [0.2, 0.25) is 5.16 Å². The number of benzene rings is 2. The Morgan fingerprint density at radius 1 is 1.12 bits per heavy atom. The lowest BCUT2D eigenvalue weighted by atomic mass is 10.1. The average Bonchev–Trinajstić information content (AvgIpc) is 3.15. The number of thioether (sulfide) groups is 1. The number of aryl methyl sites for hydroxylation is 1. The Balaban J connectivity index is 1.74. The molecule has 3 rings (SSSR count). The van der Waals surface area contributed by atoms with Gasteiger partial charge in [-0.05, 0) is 41.5 Å². The average molecular weight is 368 g/mol. The number of carbonyl (C=O) groups is 1. The molecule has 1 heterocycles. The number of nitrogens with zero attached hydrogens (tertiary/aromatic N) is 4. The minimum absolute atomic E-state index is 0.0466. The summed E-state index contributed by atoms with van der Waals surface area (Å²) >= 11 is 1.31. The van der Waals surface area contributed by atoms with E-state index >= 15 is 0 Å². The van der Waals surface area contributed by atoms with E-state index in [0.717, 1.165) is 12.1 Å². The zero-order valence-electron chi connectivity index (χ0n) is 14.8. The normalized spacial score (nSPS) is 10.7. The van der Waals surface area contributed by atoms with Gasteiger partial charge >= 0.3 is 0 Å². The Morgan fingerprint density at radius 3 is 2.62 bits per heavy atom. The molecule has 26 heavy (non-hydrogen) atoms. The zero-order chi connectivity index (χ0) is 18.4. The molecule has 0 saturated heterocycles. The van der Waals surface area contributed by atoms with Crippen LogP contribution in [0.15, 0.2) is 53.7 Å². The molecule has 0 saturated carbocycles. The van der Waals surface area contributed by atoms with E-state index in [9.17, 15) is 4.79 Å². The highest BCUT2D eigenvalue weighted by Crippen LogP contribution is 2.26. The van der Waals surface area contributed by atoms with Crippen molar-refractivity contribution in [2.45, 2.75) is 25.4 Å². The topological polar surface area (TPSA) is 69.9 Å². The van der Waals surface area contributed by atoms with Gasteiger partial charge in [-0.3, -0.25) is 4.79 Å². The first kappa shape index (κ1) is 18.1. The largest absolute Gasteiger partial charge is 0.492 e. The fraction of sp³-hybridized carbons (Fsp3) is 0.263. The highest BCUT2D eigenvalue weighted by Gasteiger charge is 2.15. The van der Waals surface area contributed by atoms with Gasteiger partial charge in [-0.1, -0.05) is 55.1 Å². The second-order valence-corrected chi connectivity index (χ2v) is 6.48. The molecule has 0 aliphatic rings. The van der Waals surface area contributed by atoms with Gasteiger partial charge in [-0.15, -0.1) is 5.10 Å². The first-order valence-electron chi connectivity index (χ1n) is 8.48. The van der Waals surface area contributed by atoms with Crippen LogP contribution in [0.25, 0.3) is 5.69 Å². The quantitative estimate of drug-likeness (QED) is 0.447. The van der Waals surface area contributed by atoms with E-state index in [1.165, 1.54) is 17.3 Å². The number of tetrazole rings is 1. The molecule has 0 unspecified atom stereocenters. The first-order valence-corrected chi connectivity index (χ1v) is 9.47. The van der Waals surface area contributed by atoms with Crippen molar-refractivity contribution in [2.75, 3.05) is 12.4 Å². The van der Waals surface area contributed by atoms with Crippen LogP contribution < -0.4 is 4.74 Å². The number of ether oxygens (including phenoxy) is 1. The van der Waals surface area contributed by atoms with Crippen LogP contribution in [0.2, 0.25) is 0 Å². The summed E-state index contributed by atoms with van der Waals surface area (Å²) in [6, 6.07) is 15.3. The van der Waals surface area contributed by atoms with E-state index in [-0.39, 0.29) is 11.5 Å². The standard InChI is InChI=1S/C19H20N4O2S/c1-3-14-9-11-15(12-10-14)17(24)13-26-19-20-21-22-23(19)16-7-5-6-8-18(16)25-4-2/h5-12H,3-4,13H2,1-2H3. The van der Waals surface area contributed by atoms with Crippen molar-refractivity contribution in [3.8, 4) is 11.4 Å². The maximum atomic E-state index is 12.4. The van der Waals surface area contributed by atoms with E-state index in [2.05, 4.69) is 22.4 Å². The van der Waals surface area contributed by atoms with Crippen LogP contribution >= 0.6 is 11.8 Å². The van der Waals surface area contributed by atoms with Gasteiger partial charge < -0.3 is 4.74 Å². The molecule has 0 atom stereocenters. The summed E-state index contributed by atoms with van der Waals surface area (Å²) < 4.78 is 7.24. The molecule has 1 aromatic heterocycles. The third-order valence-electron chi connectivity index (χ3n) is 3.85. The highest BCUT2D eigenvalue weighted by molar-refractivity contribution is 7.99. The minimum atomic E-state index is 0.0466. The van der Waals surface area contributed by atoms with Crippen LogP contribution in [0.3, 0.4) is 0 Å². The van der Waals surface area contributed by atoms with Crippen molar-refractivity contribution in [1.82, 2.24) is 20.2 Å². The van der Waals surface area contributed by atoms with Crippen LogP contribution in [-0.4, -0.2) is 38.4 Å². The molecule has 6 nitrogen and oxygen atoms in total. The number of ketones is 1. The maximum Gasteiger partial charge on any atom is 0.214 e. The highest BCUT2D eigenvalue weighted by atomic mass is 32.2. The van der Waals surface area contributed by atoms with Crippen LogP contribution in [0.1, 0.15) is 29.8 Å². The molecule has 0 aliphatic carbocycles. The lowest BCUT2D eigenvalue weighted by Crippen LogP contribution is -2.06. The van der Waals surface area contributed by atoms with E-state index in [1.807, 2.05) is 55.5 Å². The lowest BCUT2D eigenvalue weighted by Gasteiger charge is -2.10. The van der Waals surface area contributed by atoms with Gasteiger partial charge in [0.1, 0.15) is 11.4 Å². The Hall–Kier alpha value is -2.67. The maximum absolute atomic E-state index is 12.4. The van der Waals surface area contributed by atoms with Crippen LogP contribution in [0.5, 0.6) is 5.75 Å². The first-order chi connectivity index (χ1) is 12.7. The summed E-state index contributed by atoms with van der Waals surface area (Å²) in [5.41, 5.74) is 2.66. The Bertz CT molecular complexity index is 877. The third-order valence-corrected chi connectivity index (χ3v) is 4.77. The molecule has 0 amide bonds. The van der Waals surface area contributed by atoms with Gasteiger partial charge in [-0.25, -0.2) is 0 Å². The molecule has 134 valence electrons. The number of rotatable bonds is 8. The summed E-state index contributed by atoms with van der Waals surface area (Å²) in [6.07, 6.45) is 0.956. The van der Waals surface area contributed by atoms with E-state index in [0.29, 0.717) is 23.1 Å². The number of Topliss-reactive ketones (excluding diaryl/α,β-unsaturated/α-hetero) is 1. The molecule has 2 aromatic carbocycles. The number of hydrogen-bond donors (Lipinski definition) is 0. The third kappa shape index (κ3) is 4.11. The number of aromatic nitrogens is 4. The van der Waals surface area contributed by atoms with Crippen LogP contribution in [0, 0.1) is 0 Å². The second kappa shape index (κ2) is 8.62. The second-order valence-electron chi connectivity index (χ2n) is 5.54. The van der Waals surface area contributed by atoms with E-state index in [4.69, 9.17) is 4.74 Å². The molecule has 0 aliphatic heterocycles. The number of hydrogen-bond acceptors (Lipinski definition) is 6.